The van der Waals surface area contributed by atoms with Gasteiger partial charge < -0.3 is 57.5 Å². The third kappa shape index (κ3) is 70.8. The molecule has 0 bridgehead atoms. The van der Waals surface area contributed by atoms with E-state index in [9.17, 15) is 0 Å². The van der Waals surface area contributed by atoms with Gasteiger partial charge in [-0.25, -0.2) is 0 Å². The molecule has 0 heterocycles. The van der Waals surface area contributed by atoms with Crippen molar-refractivity contribution in [2.45, 2.75) is 232 Å². The molecule has 0 aliphatic heterocycles. The SMILES string of the molecule is C=CCCCCC=C.C=CCOCCOCCOCCO[CH2+].C=Cc1ccccc1.COCCCCCOCCOCCC[Si](C)(O[Si](C)(CCCCCCCC[Si](C)(C)OC)O[Si](C)(C)C)O[Si](C)(CCc1ccccc1)O[Si](C)(C)C.[CH2+][Si](C)(C)O[SiH](C)O[Si](C)(C)C. The lowest BCUT2D eigenvalue weighted by Crippen LogP contribution is -2.61. The normalized spacial score (nSPS) is 14.1. The summed E-state index contributed by atoms with van der Waals surface area (Å²) in [5, 5.41) is 0. The second-order valence-corrected chi connectivity index (χ2v) is 63.8. The fraction of sp³-hybridized carbons (Fsp3) is 0.694. The Balaban J connectivity index is -0.00000159. The first-order chi connectivity index (χ1) is 44.6. The Kier molecular flexibility index (Phi) is 60.8. The number of methoxy groups -OCH3 is 1. The minimum Gasteiger partial charge on any atom is -0.439 e. The number of aryl methyl sites for hydroxylation is 1. The molecule has 4 unspecified atom stereocenters. The third-order valence-electron chi connectivity index (χ3n) is 13.7. The van der Waals surface area contributed by atoms with E-state index in [1.165, 1.54) is 62.1 Å². The zero-order valence-electron chi connectivity index (χ0n) is 64.5. The van der Waals surface area contributed by atoms with Crippen LogP contribution in [0.25, 0.3) is 6.08 Å². The Morgan fingerprint density at radius 3 is 1.25 bits per heavy atom. The molecule has 0 N–H and O–H groups in total. The van der Waals surface area contributed by atoms with Crippen LogP contribution in [0.15, 0.2) is 105 Å². The van der Waals surface area contributed by atoms with E-state index in [2.05, 4.69) is 186 Å². The molecule has 0 aromatic heterocycles. The van der Waals surface area contributed by atoms with E-state index in [1.807, 2.05) is 55.7 Å². The first-order valence-corrected chi connectivity index (χ1v) is 61.6. The minimum absolute atomic E-state index is 0.516. The maximum absolute atomic E-state index is 7.50. The van der Waals surface area contributed by atoms with Crippen molar-refractivity contribution in [1.29, 1.82) is 0 Å². The van der Waals surface area contributed by atoms with Crippen LogP contribution in [0.2, 0.25) is 135 Å². The molecule has 95 heavy (non-hydrogen) atoms. The van der Waals surface area contributed by atoms with Gasteiger partial charge >= 0.3 is 34.0 Å². The van der Waals surface area contributed by atoms with Crippen molar-refractivity contribution in [1.82, 2.24) is 0 Å². The van der Waals surface area contributed by atoms with Crippen molar-refractivity contribution < 1.29 is 62.3 Å². The van der Waals surface area contributed by atoms with Gasteiger partial charge in [0.25, 0.3) is 9.28 Å². The molecule has 0 aliphatic rings. The predicted octanol–water partition coefficient (Wildman–Crippen LogP) is 20.2. The van der Waals surface area contributed by atoms with Gasteiger partial charge in [0, 0.05) is 40.6 Å². The summed E-state index contributed by atoms with van der Waals surface area (Å²) in [5.41, 5.74) is 2.50. The maximum Gasteiger partial charge on any atom is 0.395 e. The molecule has 0 amide bonds. The van der Waals surface area contributed by atoms with Crippen LogP contribution in [-0.4, -0.2) is 170 Å². The van der Waals surface area contributed by atoms with E-state index in [1.54, 1.807) is 13.2 Å². The zero-order valence-corrected chi connectivity index (χ0v) is 73.7. The largest absolute Gasteiger partial charge is 0.439 e. The summed E-state index contributed by atoms with van der Waals surface area (Å²) in [6.07, 6.45) is 24.9. The van der Waals surface area contributed by atoms with Crippen LogP contribution >= 0.6 is 0 Å². The van der Waals surface area contributed by atoms with E-state index < -0.39 is 76.6 Å². The van der Waals surface area contributed by atoms with Crippen molar-refractivity contribution in [3.8, 4) is 0 Å². The van der Waals surface area contributed by atoms with E-state index in [0.29, 0.717) is 66.1 Å². The molecule has 0 saturated carbocycles. The first-order valence-electron chi connectivity index (χ1n) is 35.5. The van der Waals surface area contributed by atoms with Gasteiger partial charge in [-0.3, -0.25) is 0 Å². The average molecular weight is 1490 g/mol. The number of hydrogen-bond donors (Lipinski definition) is 0. The molecule has 2 aromatic rings. The van der Waals surface area contributed by atoms with Crippen LogP contribution in [0, 0.1) is 13.7 Å². The quantitative estimate of drug-likeness (QED) is 0.0270. The fourth-order valence-electron chi connectivity index (χ4n) is 9.71. The van der Waals surface area contributed by atoms with Gasteiger partial charge in [-0.1, -0.05) is 130 Å². The Morgan fingerprint density at radius 1 is 0.411 bits per heavy atom. The van der Waals surface area contributed by atoms with E-state index in [4.69, 9.17) is 57.5 Å². The molecular formula is C72H146O14Si9+2. The van der Waals surface area contributed by atoms with Gasteiger partial charge in [-0.15, -0.1) is 19.7 Å². The van der Waals surface area contributed by atoms with Crippen molar-refractivity contribution in [2.24, 2.45) is 0 Å². The molecule has 4 atom stereocenters. The van der Waals surface area contributed by atoms with Gasteiger partial charge in [0.05, 0.1) is 52.9 Å². The number of unbranched alkanes of at least 4 members (excludes halogenated alkanes) is 10. The highest BCUT2D eigenvalue weighted by Crippen LogP contribution is 2.34. The highest BCUT2D eigenvalue weighted by molar-refractivity contribution is 6.91. The van der Waals surface area contributed by atoms with Crippen LogP contribution in [0.1, 0.15) is 101 Å². The van der Waals surface area contributed by atoms with Crippen molar-refractivity contribution in [3.63, 3.8) is 0 Å². The Labute approximate surface area is 596 Å². The monoisotopic (exact) mass is 1490 g/mol. The van der Waals surface area contributed by atoms with E-state index in [0.717, 1.165) is 82.7 Å². The number of hydrogen-bond acceptors (Lipinski definition) is 14. The van der Waals surface area contributed by atoms with Crippen molar-refractivity contribution in [2.75, 3.05) is 93.5 Å². The van der Waals surface area contributed by atoms with Gasteiger partial charge in [0.2, 0.25) is 7.11 Å². The molecule has 0 saturated heterocycles. The average Bonchev–Trinajstić information content (AvgIpc) is 0.798. The van der Waals surface area contributed by atoms with Crippen LogP contribution < -0.4 is 0 Å². The smallest absolute Gasteiger partial charge is 0.395 e. The molecule has 552 valence electrons. The van der Waals surface area contributed by atoms with Crippen LogP contribution in [0.3, 0.4) is 0 Å². The van der Waals surface area contributed by atoms with E-state index in [-0.39, 0.29) is 0 Å². The van der Waals surface area contributed by atoms with Gasteiger partial charge in [-0.2, -0.15) is 4.74 Å². The number of ether oxygens (including phenoxy) is 7. The Bertz CT molecular complexity index is 2060. The summed E-state index contributed by atoms with van der Waals surface area (Å²) >= 11 is 0. The molecule has 2 aromatic carbocycles. The maximum atomic E-state index is 7.50. The standard InChI is InChI=1S/C39H84O8Si6.C10H19O4.C8H8.C8H14.C7H21O2Si3/c1-40-30-22-19-23-31-42-33-34-43-32-26-37-52(12,47-53(13,45-49(6,7)8)38-29-39-27-20-18-21-28-39)46-51(11,44-48(3,4)5)36-25-17-15-14-16-24-35-50(9,10)41-2;1-3-4-12-7-8-14-10-9-13-6-5-11-2;1-2-8-6-4-3-5-7-8;1-3-5-7-8-6-4-2;1-10(8-11(2,3)4)9-12(5,6)7/h18,20-21,27-28H,14-17,19,22-26,29-38H2,1-13H3;3H,1-2,4-10H2;2-7H,1H2;3-4H,1-2,5-8H2;10H,2H2,1,3-7H3/q;+1;;;+1. The van der Waals surface area contributed by atoms with Gasteiger partial charge in [-0.05, 0) is 204 Å². The molecule has 23 heteroatoms. The van der Waals surface area contributed by atoms with E-state index >= 15 is 0 Å². The molecule has 0 radical (unpaired) electrons. The zero-order chi connectivity index (χ0) is 72.5. The highest BCUT2D eigenvalue weighted by atomic mass is 28.5. The summed E-state index contributed by atoms with van der Waals surface area (Å²) in [5.74, 6) is 0. The molecule has 0 fully saturated rings. The molecule has 14 nitrogen and oxygen atoms in total. The summed E-state index contributed by atoms with van der Waals surface area (Å²) in [6.45, 7) is 64.1. The van der Waals surface area contributed by atoms with Crippen LogP contribution in [0.4, 0.5) is 0 Å². The van der Waals surface area contributed by atoms with Crippen molar-refractivity contribution in [3.05, 3.63) is 130 Å². The fourth-order valence-corrected chi connectivity index (χ4v) is 43.4. The van der Waals surface area contributed by atoms with Crippen LogP contribution in [-0.2, 0) is 68.7 Å². The second-order valence-electron chi connectivity index (χ2n) is 28.6. The molecular weight excluding hydrogens is 1340 g/mol. The minimum atomic E-state index is -2.77. The van der Waals surface area contributed by atoms with Gasteiger partial charge in [0.1, 0.15) is 6.61 Å². The van der Waals surface area contributed by atoms with Gasteiger partial charge in [0.15, 0.2) is 33.3 Å². The Morgan fingerprint density at radius 2 is 0.821 bits per heavy atom. The lowest BCUT2D eigenvalue weighted by Gasteiger charge is -2.45. The van der Waals surface area contributed by atoms with Crippen LogP contribution in [0.5, 0.6) is 0 Å². The molecule has 0 spiro atoms. The summed E-state index contributed by atoms with van der Waals surface area (Å²) in [6, 6.07) is 24.8. The second kappa shape index (κ2) is 59.1. The number of allylic oxidation sites excluding steroid dienone is 2. The molecule has 0 aliphatic carbocycles. The first kappa shape index (κ1) is 97.7. The third-order valence-corrected chi connectivity index (χ3v) is 43.4. The number of rotatable bonds is 55. The van der Waals surface area contributed by atoms with Crippen molar-refractivity contribution >= 4 is 82.6 Å². The lowest BCUT2D eigenvalue weighted by molar-refractivity contribution is 0.00991. The number of benzene rings is 2. The molecule has 2 rings (SSSR count). The summed E-state index contributed by atoms with van der Waals surface area (Å²) in [4.78, 5) is 0. The predicted molar refractivity (Wildman–Crippen MR) is 430 cm³/mol. The lowest BCUT2D eigenvalue weighted by atomic mass is 10.1. The topological polar surface area (TPSA) is 129 Å². The highest BCUT2D eigenvalue weighted by Gasteiger charge is 2.50. The summed E-state index contributed by atoms with van der Waals surface area (Å²) < 4.78 is 83.7. The summed E-state index contributed by atoms with van der Waals surface area (Å²) in [7, 11) is -10.8. The Hall–Kier alpha value is -1.47.